The Morgan fingerprint density at radius 2 is 1.91 bits per heavy atom. The van der Waals surface area contributed by atoms with E-state index in [-0.39, 0.29) is 11.8 Å². The maximum Gasteiger partial charge on any atom is 0.239 e. The number of anilines is 3. The molecule has 0 saturated carbocycles. The number of hydrogen-bond donors (Lipinski definition) is 2. The lowest BCUT2D eigenvalue weighted by molar-refractivity contribution is -0.113. The number of halogens is 1. The third-order valence-electron chi connectivity index (χ3n) is 3.03. The molecule has 0 bridgehead atoms. The summed E-state index contributed by atoms with van der Waals surface area (Å²) in [6.07, 6.45) is 3.55. The molecule has 0 aliphatic heterocycles. The van der Waals surface area contributed by atoms with E-state index in [0.717, 1.165) is 16.8 Å². The van der Waals surface area contributed by atoms with Gasteiger partial charge in [0.25, 0.3) is 0 Å². The summed E-state index contributed by atoms with van der Waals surface area (Å²) >= 11 is 7.12. The van der Waals surface area contributed by atoms with Crippen LogP contribution in [0.25, 0.3) is 11.1 Å². The molecule has 5 nitrogen and oxygen atoms in total. The van der Waals surface area contributed by atoms with Crippen LogP contribution in [0.4, 0.5) is 17.3 Å². The molecule has 0 fully saturated rings. The van der Waals surface area contributed by atoms with Gasteiger partial charge >= 0.3 is 0 Å². The van der Waals surface area contributed by atoms with E-state index in [1.165, 1.54) is 0 Å². The van der Waals surface area contributed by atoms with Crippen molar-refractivity contribution in [1.82, 2.24) is 9.97 Å². The van der Waals surface area contributed by atoms with Gasteiger partial charge < -0.3 is 10.6 Å². The molecule has 0 spiro atoms. The van der Waals surface area contributed by atoms with E-state index in [9.17, 15) is 4.79 Å². The second kappa shape index (κ2) is 7.21. The molecule has 7 heteroatoms. The molecule has 0 unspecified atom stereocenters. The fourth-order valence-electron chi connectivity index (χ4n) is 1.97. The number of rotatable bonds is 5. The second-order valence-corrected chi connectivity index (χ2v) is 5.74. The number of nitrogens with zero attached hydrogens (tertiary/aromatic N) is 2. The summed E-state index contributed by atoms with van der Waals surface area (Å²) in [5.74, 6) is 0.162. The van der Waals surface area contributed by atoms with Gasteiger partial charge in [-0.3, -0.25) is 4.79 Å². The Kier molecular flexibility index (Phi) is 4.85. The first-order chi connectivity index (χ1) is 11.2. The Balaban J connectivity index is 1.72. The molecule has 3 aromatic rings. The van der Waals surface area contributed by atoms with E-state index >= 15 is 0 Å². The van der Waals surface area contributed by atoms with Crippen LogP contribution in [0.1, 0.15) is 0 Å². The molecule has 1 aromatic carbocycles. The van der Waals surface area contributed by atoms with Crippen molar-refractivity contribution < 1.29 is 4.79 Å². The first-order valence-electron chi connectivity index (χ1n) is 6.82. The number of nitrogens with one attached hydrogen (secondary N) is 2. The highest BCUT2D eigenvalue weighted by Crippen LogP contribution is 2.22. The fraction of sp³-hybridized carbons (Fsp3) is 0.0625. The first kappa shape index (κ1) is 15.5. The lowest BCUT2D eigenvalue weighted by Crippen LogP contribution is -2.12. The number of alkyl halides is 1. The monoisotopic (exact) mass is 344 g/mol. The highest BCUT2D eigenvalue weighted by atomic mass is 35.5. The van der Waals surface area contributed by atoms with Crippen molar-refractivity contribution in [3.63, 3.8) is 0 Å². The molecule has 0 radical (unpaired) electrons. The minimum absolute atomic E-state index is 0.0786. The number of aromatic nitrogens is 2. The largest absolute Gasteiger partial charge is 0.325 e. The van der Waals surface area contributed by atoms with Crippen molar-refractivity contribution in [3.8, 4) is 11.1 Å². The van der Waals surface area contributed by atoms with Crippen LogP contribution in [0, 0.1) is 0 Å². The van der Waals surface area contributed by atoms with Crippen LogP contribution in [0.3, 0.4) is 0 Å². The molecule has 2 N–H and O–H groups in total. The van der Waals surface area contributed by atoms with Gasteiger partial charge in [-0.25, -0.2) is 9.97 Å². The number of carbonyl (C=O) groups excluding carboxylic acids is 1. The highest BCUT2D eigenvalue weighted by Gasteiger charge is 2.04. The van der Waals surface area contributed by atoms with E-state index in [2.05, 4.69) is 26.0 Å². The Hall–Kier alpha value is -2.44. The summed E-state index contributed by atoms with van der Waals surface area (Å²) in [5.41, 5.74) is 3.52. The maximum atomic E-state index is 11.3. The summed E-state index contributed by atoms with van der Waals surface area (Å²) < 4.78 is 0. The second-order valence-electron chi connectivity index (χ2n) is 4.69. The normalized spacial score (nSPS) is 10.3. The quantitative estimate of drug-likeness (QED) is 0.683. The number of carbonyl (C=O) groups is 1. The number of benzene rings is 1. The van der Waals surface area contributed by atoms with Crippen molar-refractivity contribution in [2.75, 3.05) is 16.5 Å². The van der Waals surface area contributed by atoms with E-state index < -0.39 is 0 Å². The van der Waals surface area contributed by atoms with Crippen LogP contribution in [0.15, 0.2) is 53.5 Å². The van der Waals surface area contributed by atoms with Crippen LogP contribution >= 0.6 is 22.9 Å². The Labute approximate surface area is 142 Å². The molecule has 2 heterocycles. The zero-order chi connectivity index (χ0) is 16.1. The number of thiophene rings is 1. The molecule has 2 aromatic heterocycles. The zero-order valence-corrected chi connectivity index (χ0v) is 13.6. The molecule has 23 heavy (non-hydrogen) atoms. The van der Waals surface area contributed by atoms with E-state index in [1.807, 2.05) is 23.6 Å². The predicted molar refractivity (Wildman–Crippen MR) is 94.4 cm³/mol. The van der Waals surface area contributed by atoms with E-state index in [4.69, 9.17) is 11.6 Å². The third-order valence-corrected chi connectivity index (χ3v) is 3.96. The molecule has 3 rings (SSSR count). The smallest absolute Gasteiger partial charge is 0.239 e. The van der Waals surface area contributed by atoms with Gasteiger partial charge in [0, 0.05) is 29.3 Å². The molecular formula is C16H13ClN4OS. The zero-order valence-electron chi connectivity index (χ0n) is 12.0. The van der Waals surface area contributed by atoms with Crippen LogP contribution in [-0.4, -0.2) is 21.8 Å². The lowest BCUT2D eigenvalue weighted by Gasteiger charge is -2.08. The summed E-state index contributed by atoms with van der Waals surface area (Å²) in [5, 5.41) is 9.87. The van der Waals surface area contributed by atoms with Gasteiger partial charge in [0.2, 0.25) is 11.9 Å². The average Bonchev–Trinajstić information content (AvgIpc) is 3.10. The van der Waals surface area contributed by atoms with Crippen molar-refractivity contribution >= 4 is 46.2 Å². The Morgan fingerprint density at radius 3 is 2.61 bits per heavy atom. The number of amides is 1. The molecule has 116 valence electrons. The van der Waals surface area contributed by atoms with Gasteiger partial charge in [-0.15, -0.1) is 11.6 Å². The van der Waals surface area contributed by atoms with Crippen molar-refractivity contribution in [2.24, 2.45) is 0 Å². The summed E-state index contributed by atoms with van der Waals surface area (Å²) in [4.78, 5) is 19.9. The molecule has 1 amide bonds. The first-order valence-corrected chi connectivity index (χ1v) is 8.30. The van der Waals surface area contributed by atoms with Gasteiger partial charge in [-0.1, -0.05) is 6.07 Å². The number of hydrogen-bond acceptors (Lipinski definition) is 5. The van der Waals surface area contributed by atoms with Crippen molar-refractivity contribution in [3.05, 3.63) is 53.5 Å². The minimum atomic E-state index is -0.250. The molecule has 0 aliphatic carbocycles. The van der Waals surface area contributed by atoms with Crippen molar-refractivity contribution in [1.29, 1.82) is 0 Å². The van der Waals surface area contributed by atoms with E-state index in [0.29, 0.717) is 11.6 Å². The van der Waals surface area contributed by atoms with Crippen LogP contribution in [0.2, 0.25) is 0 Å². The summed E-state index contributed by atoms with van der Waals surface area (Å²) in [7, 11) is 0. The lowest BCUT2D eigenvalue weighted by atomic mass is 10.2. The van der Waals surface area contributed by atoms with Crippen LogP contribution < -0.4 is 10.6 Å². The van der Waals surface area contributed by atoms with Crippen molar-refractivity contribution in [2.45, 2.75) is 0 Å². The summed E-state index contributed by atoms with van der Waals surface area (Å²) in [6.45, 7) is 0. The van der Waals surface area contributed by atoms with E-state index in [1.54, 1.807) is 35.9 Å². The molecule has 0 saturated heterocycles. The maximum absolute atomic E-state index is 11.3. The van der Waals surface area contributed by atoms with Gasteiger partial charge in [-0.05, 0) is 40.6 Å². The fourth-order valence-corrected chi connectivity index (χ4v) is 2.70. The van der Waals surface area contributed by atoms with Crippen LogP contribution in [-0.2, 0) is 4.79 Å². The standard InChI is InChI=1S/C16H13ClN4OS/c17-7-15(22)20-13-2-1-3-14(6-13)21-16-18-8-12(9-19-16)11-4-5-23-10-11/h1-6,8-10H,7H2,(H,20,22)(H,18,19,21). The van der Waals surface area contributed by atoms with Gasteiger partial charge in [0.15, 0.2) is 0 Å². The Bertz CT molecular complexity index is 790. The predicted octanol–water partition coefficient (Wildman–Crippen LogP) is 4.13. The van der Waals surface area contributed by atoms with Gasteiger partial charge in [0.1, 0.15) is 5.88 Å². The minimum Gasteiger partial charge on any atom is -0.325 e. The molecular weight excluding hydrogens is 332 g/mol. The SMILES string of the molecule is O=C(CCl)Nc1cccc(Nc2ncc(-c3ccsc3)cn2)c1. The van der Waals surface area contributed by atoms with Gasteiger partial charge in [-0.2, -0.15) is 11.3 Å². The topological polar surface area (TPSA) is 66.9 Å². The summed E-state index contributed by atoms with van der Waals surface area (Å²) in [6, 6.07) is 9.30. The average molecular weight is 345 g/mol. The highest BCUT2D eigenvalue weighted by molar-refractivity contribution is 7.08. The molecule has 0 atom stereocenters. The Morgan fingerprint density at radius 1 is 1.13 bits per heavy atom. The third kappa shape index (κ3) is 4.06. The van der Waals surface area contributed by atoms with Gasteiger partial charge in [0.05, 0.1) is 0 Å². The molecule has 0 aliphatic rings. The van der Waals surface area contributed by atoms with Crippen LogP contribution in [0.5, 0.6) is 0 Å².